The summed E-state index contributed by atoms with van der Waals surface area (Å²) >= 11 is 6.48. The maximum Gasteiger partial charge on any atom is 0.508 e. The molecule has 0 fully saturated rings. The van der Waals surface area contributed by atoms with E-state index in [2.05, 4.69) is 39.9 Å². The van der Waals surface area contributed by atoms with E-state index in [1.54, 1.807) is 59.9 Å². The number of hydrogen-bond donors (Lipinski definition) is 2. The second-order valence-electron chi connectivity index (χ2n) is 14.5. The first kappa shape index (κ1) is 40.6. The van der Waals surface area contributed by atoms with Crippen LogP contribution in [0.5, 0.6) is 11.5 Å². The van der Waals surface area contributed by atoms with E-state index in [0.29, 0.717) is 17.0 Å². The highest BCUT2D eigenvalue weighted by Crippen LogP contribution is 2.40. The number of benzene rings is 3. The van der Waals surface area contributed by atoms with Crippen molar-refractivity contribution in [2.45, 2.75) is 66.2 Å². The summed E-state index contributed by atoms with van der Waals surface area (Å²) in [5, 5.41) is 5.23. The molecule has 0 saturated carbocycles. The molecule has 2 heterocycles. The minimum Gasteiger partial charge on any atom is -0.453 e. The number of halogens is 1. The molecule has 2 aliphatic rings. The molecule has 288 valence electrons. The molecule has 2 aromatic heterocycles. The molecule has 4 aromatic rings. The Kier molecular flexibility index (Phi) is 12.7. The Balaban J connectivity index is 0.000000866. The monoisotopic (exact) mass is 786 g/mol. The van der Waals surface area contributed by atoms with Crippen molar-refractivity contribution in [3.63, 3.8) is 0 Å². The minimum absolute atomic E-state index is 0.00818. The maximum atomic E-state index is 15.0. The number of hydrogen-bond acceptors (Lipinski definition) is 10. The van der Waals surface area contributed by atoms with E-state index < -0.39 is 29.3 Å². The van der Waals surface area contributed by atoms with E-state index in [1.165, 1.54) is 46.4 Å². The molecule has 0 aliphatic heterocycles. The lowest BCUT2D eigenvalue weighted by atomic mass is 10.1. The molecule has 2 amide bonds. The Labute approximate surface area is 328 Å². The molecule has 2 aromatic carbocycles. The van der Waals surface area contributed by atoms with Gasteiger partial charge in [-0.15, -0.1) is 11.3 Å². The van der Waals surface area contributed by atoms with Crippen LogP contribution in [0.25, 0.3) is 31.8 Å². The van der Waals surface area contributed by atoms with Gasteiger partial charge in [-0.25, -0.2) is 14.0 Å². The number of amides is 2. The fourth-order valence-electron chi connectivity index (χ4n) is 4.99. The number of pyridine rings is 1. The van der Waals surface area contributed by atoms with Gasteiger partial charge in [0.1, 0.15) is 23.6 Å². The van der Waals surface area contributed by atoms with Gasteiger partial charge in [-0.3, -0.25) is 9.78 Å². The summed E-state index contributed by atoms with van der Waals surface area (Å²) in [7, 11) is 0. The van der Waals surface area contributed by atoms with Crippen LogP contribution in [0.4, 0.5) is 19.7 Å². The third kappa shape index (κ3) is 12.5. The number of aromatic nitrogens is 1. The molecule has 11 nitrogen and oxygen atoms in total. The first-order valence-corrected chi connectivity index (χ1v) is 18.6. The second-order valence-corrected chi connectivity index (χ2v) is 16.0. The third-order valence-electron chi connectivity index (χ3n) is 7.42. The van der Waals surface area contributed by atoms with Crippen molar-refractivity contribution in [1.29, 1.82) is 0 Å². The molecule has 2 aliphatic carbocycles. The molecule has 55 heavy (non-hydrogen) atoms. The maximum absolute atomic E-state index is 15.0. The van der Waals surface area contributed by atoms with Gasteiger partial charge >= 0.3 is 12.2 Å². The summed E-state index contributed by atoms with van der Waals surface area (Å²) in [6, 6.07) is 24.0. The zero-order valence-corrected chi connectivity index (χ0v) is 33.3. The fourth-order valence-corrected chi connectivity index (χ4v) is 6.32. The summed E-state index contributed by atoms with van der Waals surface area (Å²) < 4.78 is 37.6. The highest BCUT2D eigenvalue weighted by molar-refractivity contribution is 7.80. The van der Waals surface area contributed by atoms with Crippen molar-refractivity contribution in [1.82, 2.24) is 15.2 Å². The van der Waals surface area contributed by atoms with Gasteiger partial charge in [0.25, 0.3) is 0 Å². The van der Waals surface area contributed by atoms with Crippen molar-refractivity contribution in [2.24, 2.45) is 0 Å². The van der Waals surface area contributed by atoms with Crippen LogP contribution in [-0.4, -0.2) is 57.5 Å². The number of thiophene rings is 1. The molecule has 0 spiro atoms. The van der Waals surface area contributed by atoms with E-state index in [1.807, 2.05) is 30.3 Å². The van der Waals surface area contributed by atoms with Crippen LogP contribution in [0.2, 0.25) is 0 Å². The van der Waals surface area contributed by atoms with Gasteiger partial charge in [0.2, 0.25) is 5.91 Å². The largest absolute Gasteiger partial charge is 0.508 e. The van der Waals surface area contributed by atoms with Crippen LogP contribution in [-0.2, 0) is 25.5 Å². The van der Waals surface area contributed by atoms with Crippen molar-refractivity contribution in [3.8, 4) is 33.1 Å². The quantitative estimate of drug-likeness (QED) is 0.108. The van der Waals surface area contributed by atoms with E-state index in [-0.39, 0.29) is 36.5 Å². The molecule has 0 atom stereocenters. The Hall–Kier alpha value is -5.60. The molecule has 0 radical (unpaired) electrons. The average molecular weight is 787 g/mol. The van der Waals surface area contributed by atoms with Gasteiger partial charge in [0, 0.05) is 42.4 Å². The highest BCUT2D eigenvalue weighted by atomic mass is 32.1. The van der Waals surface area contributed by atoms with E-state index in [0.717, 1.165) is 20.7 Å². The molecular weight excluding hydrogens is 744 g/mol. The van der Waals surface area contributed by atoms with Gasteiger partial charge in [-0.05, 0) is 100 Å². The van der Waals surface area contributed by atoms with E-state index in [9.17, 15) is 18.8 Å². The van der Waals surface area contributed by atoms with Gasteiger partial charge < -0.3 is 34.5 Å². The third-order valence-corrected chi connectivity index (χ3v) is 8.81. The number of nitrogens with one attached hydrogen (secondary N) is 2. The standard InChI is InChI=1S/C35H39FN4O7S2.C6H4/c1-21(41)38-31(48)39-24-12-13-27(25(36)18-24)45-28-14-15-37-26-19-29(49-30(26)28)23-10-8-22(9-11-23)20-40(32(42)46-34(2,3)4)16-17-44-33(43)47-35(5,6)7;1-2-5-4-6(5)3-1/h8-15,18-19H,16-17,20H2,1-7H3,(H2,38,39,41,48);1-4H. The van der Waals surface area contributed by atoms with Crippen molar-refractivity contribution < 1.29 is 37.7 Å². The van der Waals surface area contributed by atoms with E-state index >= 15 is 0 Å². The zero-order valence-electron chi connectivity index (χ0n) is 31.7. The summed E-state index contributed by atoms with van der Waals surface area (Å²) in [5.41, 5.74) is 4.23. The predicted octanol–water partition coefficient (Wildman–Crippen LogP) is 10.1. The van der Waals surface area contributed by atoms with Crippen LogP contribution in [0.3, 0.4) is 0 Å². The van der Waals surface area contributed by atoms with Crippen LogP contribution < -0.4 is 15.4 Å². The van der Waals surface area contributed by atoms with Gasteiger partial charge in [0.15, 0.2) is 16.7 Å². The molecular formula is C41H43FN4O7S2. The van der Waals surface area contributed by atoms with Gasteiger partial charge in [-0.2, -0.15) is 0 Å². The predicted molar refractivity (Wildman–Crippen MR) is 216 cm³/mol. The van der Waals surface area contributed by atoms with Gasteiger partial charge in [0.05, 0.1) is 16.8 Å². The molecule has 6 rings (SSSR count). The lowest BCUT2D eigenvalue weighted by Crippen LogP contribution is -2.38. The minimum atomic E-state index is -0.812. The number of anilines is 1. The normalized spacial score (nSPS) is 11.4. The SMILES string of the molecule is CC(=O)NC(=S)Nc1ccc(Oc2ccnc3cc(-c4ccc(CN(CCOC(=O)OC(C)(C)C)C(=O)OC(C)(C)C)cc4)sc23)c(F)c1.c1cc2cc-2c1. The van der Waals surface area contributed by atoms with E-state index in [4.69, 9.17) is 31.2 Å². The average Bonchev–Trinajstić information content (AvgIpc) is 3.44. The fraction of sp³-hybridized carbons (Fsp3) is 0.293. The molecule has 0 bridgehead atoms. The van der Waals surface area contributed by atoms with Crippen LogP contribution in [0, 0.1) is 5.82 Å². The summed E-state index contributed by atoms with van der Waals surface area (Å²) in [6.07, 6.45) is 0.241. The zero-order chi connectivity index (χ0) is 39.9. The number of rotatable bonds is 9. The van der Waals surface area contributed by atoms with Crippen molar-refractivity contribution in [3.05, 3.63) is 96.4 Å². The Morgan fingerprint density at radius 1 is 0.855 bits per heavy atom. The van der Waals surface area contributed by atoms with Crippen LogP contribution in [0.1, 0.15) is 54.0 Å². The Morgan fingerprint density at radius 3 is 2.13 bits per heavy atom. The number of fused-ring (bicyclic) bond motifs is 2. The first-order chi connectivity index (χ1) is 25.9. The van der Waals surface area contributed by atoms with Crippen molar-refractivity contribution in [2.75, 3.05) is 18.5 Å². The Bertz CT molecular complexity index is 2180. The number of carbonyl (C=O) groups is 3. The second kappa shape index (κ2) is 17.2. The Morgan fingerprint density at radius 2 is 1.55 bits per heavy atom. The molecule has 0 saturated heterocycles. The smallest absolute Gasteiger partial charge is 0.453 e. The lowest BCUT2D eigenvalue weighted by Gasteiger charge is -2.27. The molecule has 0 unspecified atom stereocenters. The lowest BCUT2D eigenvalue weighted by molar-refractivity contribution is -0.117. The highest BCUT2D eigenvalue weighted by Gasteiger charge is 2.24. The number of nitrogens with zero attached hydrogens (tertiary/aromatic N) is 2. The molecule has 2 N–H and O–H groups in total. The number of thiocarbonyl (C=S) groups is 1. The first-order valence-electron chi connectivity index (χ1n) is 17.4. The number of ether oxygens (including phenoxy) is 4. The summed E-state index contributed by atoms with van der Waals surface area (Å²) in [6.45, 7) is 12.1. The summed E-state index contributed by atoms with van der Waals surface area (Å²) in [4.78, 5) is 43.0. The summed E-state index contributed by atoms with van der Waals surface area (Å²) in [5.74, 6) is -0.512. The van der Waals surface area contributed by atoms with Crippen molar-refractivity contribution >= 4 is 62.7 Å². The van der Waals surface area contributed by atoms with Crippen LogP contribution >= 0.6 is 23.6 Å². The molecule has 14 heteroatoms. The van der Waals surface area contributed by atoms with Crippen LogP contribution in [0.15, 0.2) is 85.1 Å². The van der Waals surface area contributed by atoms with Gasteiger partial charge in [-0.1, -0.05) is 42.5 Å². The topological polar surface area (TPSA) is 128 Å². The number of carbonyl (C=O) groups excluding carboxylic acids is 3.